The van der Waals surface area contributed by atoms with Crippen molar-refractivity contribution in [2.45, 2.75) is 46.3 Å². The van der Waals surface area contributed by atoms with Crippen LogP contribution in [-0.2, 0) is 16.0 Å². The first-order valence-electron chi connectivity index (χ1n) is 9.82. The molecule has 1 unspecified atom stereocenters. The molecule has 0 fully saturated rings. The van der Waals surface area contributed by atoms with Crippen LogP contribution in [0.25, 0.3) is 6.08 Å². The normalized spacial score (nSPS) is 12.2. The Morgan fingerprint density at radius 3 is 2.46 bits per heavy atom. The number of carbonyl (C=O) groups is 1. The lowest BCUT2D eigenvalue weighted by molar-refractivity contribution is -0.137. The SMILES string of the molecule is CCOC(=O)/C=C/c1ccc(CC(C)N(C)c2cccc(OC(C)C)c2)cc1. The van der Waals surface area contributed by atoms with Crippen LogP contribution < -0.4 is 9.64 Å². The quantitative estimate of drug-likeness (QED) is 0.446. The van der Waals surface area contributed by atoms with E-state index < -0.39 is 0 Å². The highest BCUT2D eigenvalue weighted by Crippen LogP contribution is 2.23. The molecule has 0 saturated carbocycles. The highest BCUT2D eigenvalue weighted by Gasteiger charge is 2.12. The van der Waals surface area contributed by atoms with Crippen molar-refractivity contribution in [3.8, 4) is 5.75 Å². The van der Waals surface area contributed by atoms with E-state index in [0.29, 0.717) is 12.6 Å². The molecule has 2 aromatic carbocycles. The zero-order chi connectivity index (χ0) is 20.5. The number of hydrogen-bond acceptors (Lipinski definition) is 4. The highest BCUT2D eigenvalue weighted by atomic mass is 16.5. The van der Waals surface area contributed by atoms with Gasteiger partial charge in [0.2, 0.25) is 0 Å². The van der Waals surface area contributed by atoms with E-state index in [0.717, 1.165) is 23.4 Å². The minimum absolute atomic E-state index is 0.161. The van der Waals surface area contributed by atoms with Gasteiger partial charge in [-0.15, -0.1) is 0 Å². The molecule has 1 atom stereocenters. The number of esters is 1. The third-order valence-electron chi connectivity index (χ3n) is 4.47. The maximum atomic E-state index is 11.4. The van der Waals surface area contributed by atoms with Gasteiger partial charge in [0, 0.05) is 30.9 Å². The molecule has 150 valence electrons. The van der Waals surface area contributed by atoms with Gasteiger partial charge in [-0.05, 0) is 63.5 Å². The van der Waals surface area contributed by atoms with E-state index in [4.69, 9.17) is 9.47 Å². The molecule has 0 aliphatic carbocycles. The first-order chi connectivity index (χ1) is 13.4. The Labute approximate surface area is 168 Å². The lowest BCUT2D eigenvalue weighted by atomic mass is 10.0. The predicted octanol–water partition coefficient (Wildman–Crippen LogP) is 5.12. The molecule has 28 heavy (non-hydrogen) atoms. The standard InChI is InChI=1S/C24H31NO3/c1-6-27-24(26)15-14-20-10-12-21(13-11-20)16-19(4)25(5)22-8-7-9-23(17-22)28-18(2)3/h7-15,17-19H,6,16H2,1-5H3/b15-14+. The van der Waals surface area contributed by atoms with Crippen LogP contribution in [0.1, 0.15) is 38.8 Å². The zero-order valence-electron chi connectivity index (χ0n) is 17.5. The molecule has 0 bridgehead atoms. The number of hydrogen-bond donors (Lipinski definition) is 0. The summed E-state index contributed by atoms with van der Waals surface area (Å²) >= 11 is 0. The Hall–Kier alpha value is -2.75. The number of benzene rings is 2. The summed E-state index contributed by atoms with van der Waals surface area (Å²) in [5, 5.41) is 0. The van der Waals surface area contributed by atoms with Gasteiger partial charge in [0.15, 0.2) is 0 Å². The maximum Gasteiger partial charge on any atom is 0.330 e. The molecule has 0 N–H and O–H groups in total. The Balaban J connectivity index is 1.98. The third kappa shape index (κ3) is 6.76. The molecule has 0 amide bonds. The fourth-order valence-corrected chi connectivity index (χ4v) is 2.90. The maximum absolute atomic E-state index is 11.4. The summed E-state index contributed by atoms with van der Waals surface area (Å²) in [6.45, 7) is 8.46. The average molecular weight is 382 g/mol. The van der Waals surface area contributed by atoms with Crippen molar-refractivity contribution in [3.05, 3.63) is 65.7 Å². The smallest absolute Gasteiger partial charge is 0.330 e. The van der Waals surface area contributed by atoms with Gasteiger partial charge >= 0.3 is 5.97 Å². The van der Waals surface area contributed by atoms with Crippen LogP contribution >= 0.6 is 0 Å². The summed E-state index contributed by atoms with van der Waals surface area (Å²) < 4.78 is 10.7. The van der Waals surface area contributed by atoms with Crippen LogP contribution in [0.2, 0.25) is 0 Å². The summed E-state index contributed by atoms with van der Waals surface area (Å²) in [7, 11) is 2.11. The van der Waals surface area contributed by atoms with Crippen molar-refractivity contribution >= 4 is 17.7 Å². The Morgan fingerprint density at radius 2 is 1.82 bits per heavy atom. The van der Waals surface area contributed by atoms with E-state index in [9.17, 15) is 4.79 Å². The summed E-state index contributed by atoms with van der Waals surface area (Å²) in [6.07, 6.45) is 4.32. The number of ether oxygens (including phenoxy) is 2. The molecule has 2 aromatic rings. The minimum atomic E-state index is -0.314. The van der Waals surface area contributed by atoms with E-state index in [1.807, 2.05) is 38.1 Å². The molecule has 0 aromatic heterocycles. The third-order valence-corrected chi connectivity index (χ3v) is 4.47. The van der Waals surface area contributed by atoms with Crippen molar-refractivity contribution in [1.29, 1.82) is 0 Å². The molecule has 0 saturated heterocycles. The topological polar surface area (TPSA) is 38.8 Å². The van der Waals surface area contributed by atoms with E-state index >= 15 is 0 Å². The summed E-state index contributed by atoms with van der Waals surface area (Å²) in [5.74, 6) is 0.579. The zero-order valence-corrected chi connectivity index (χ0v) is 17.5. The first kappa shape index (κ1) is 21.5. The largest absolute Gasteiger partial charge is 0.491 e. The Bertz CT molecular complexity index is 781. The second-order valence-electron chi connectivity index (χ2n) is 7.15. The number of nitrogens with zero attached hydrogens (tertiary/aromatic N) is 1. The number of anilines is 1. The van der Waals surface area contributed by atoms with Crippen molar-refractivity contribution in [2.75, 3.05) is 18.6 Å². The molecular weight excluding hydrogens is 350 g/mol. The van der Waals surface area contributed by atoms with Crippen molar-refractivity contribution in [3.63, 3.8) is 0 Å². The molecule has 0 heterocycles. The monoisotopic (exact) mass is 381 g/mol. The molecule has 0 aliphatic heterocycles. The van der Waals surface area contributed by atoms with Gasteiger partial charge in [-0.1, -0.05) is 30.3 Å². The van der Waals surface area contributed by atoms with E-state index in [1.165, 1.54) is 11.6 Å². The number of rotatable bonds is 9. The molecule has 2 rings (SSSR count). The molecule has 4 nitrogen and oxygen atoms in total. The number of carbonyl (C=O) groups excluding carboxylic acids is 1. The fraction of sp³-hybridized carbons (Fsp3) is 0.375. The Morgan fingerprint density at radius 1 is 1.11 bits per heavy atom. The first-order valence-corrected chi connectivity index (χ1v) is 9.82. The lowest BCUT2D eigenvalue weighted by Gasteiger charge is -2.27. The van der Waals surface area contributed by atoms with Crippen LogP contribution in [0.4, 0.5) is 5.69 Å². The van der Waals surface area contributed by atoms with Gasteiger partial charge in [-0.3, -0.25) is 0 Å². The molecule has 0 aliphatic rings. The second-order valence-corrected chi connectivity index (χ2v) is 7.15. The van der Waals surface area contributed by atoms with Crippen molar-refractivity contribution in [2.24, 2.45) is 0 Å². The van der Waals surface area contributed by atoms with E-state index in [1.54, 1.807) is 13.0 Å². The Kier molecular flexibility index (Phi) is 8.12. The fourth-order valence-electron chi connectivity index (χ4n) is 2.90. The van der Waals surface area contributed by atoms with Gasteiger partial charge in [-0.2, -0.15) is 0 Å². The van der Waals surface area contributed by atoms with E-state index in [2.05, 4.69) is 43.1 Å². The van der Waals surface area contributed by atoms with Crippen LogP contribution in [0.5, 0.6) is 5.75 Å². The number of likely N-dealkylation sites (N-methyl/N-ethyl adjacent to an activating group) is 1. The average Bonchev–Trinajstić information content (AvgIpc) is 2.66. The second kappa shape index (κ2) is 10.5. The molecule has 4 heteroatoms. The van der Waals surface area contributed by atoms with Gasteiger partial charge < -0.3 is 14.4 Å². The molecular formula is C24H31NO3. The van der Waals surface area contributed by atoms with Crippen molar-refractivity contribution in [1.82, 2.24) is 0 Å². The molecule has 0 spiro atoms. The van der Waals surface area contributed by atoms with Crippen LogP contribution in [0.3, 0.4) is 0 Å². The molecule has 0 radical (unpaired) electrons. The predicted molar refractivity (Wildman–Crippen MR) is 116 cm³/mol. The highest BCUT2D eigenvalue weighted by molar-refractivity contribution is 5.87. The minimum Gasteiger partial charge on any atom is -0.491 e. The summed E-state index contributed by atoms with van der Waals surface area (Å²) in [4.78, 5) is 13.7. The van der Waals surface area contributed by atoms with Gasteiger partial charge in [-0.25, -0.2) is 4.79 Å². The summed E-state index contributed by atoms with van der Waals surface area (Å²) in [6, 6.07) is 16.8. The van der Waals surface area contributed by atoms with Crippen LogP contribution in [0.15, 0.2) is 54.6 Å². The lowest BCUT2D eigenvalue weighted by Crippen LogP contribution is -2.30. The van der Waals surface area contributed by atoms with Crippen LogP contribution in [0, 0.1) is 0 Å². The van der Waals surface area contributed by atoms with Gasteiger partial charge in [0.25, 0.3) is 0 Å². The van der Waals surface area contributed by atoms with E-state index in [-0.39, 0.29) is 12.1 Å². The van der Waals surface area contributed by atoms with Crippen LogP contribution in [-0.4, -0.2) is 31.8 Å². The summed E-state index contributed by atoms with van der Waals surface area (Å²) in [5.41, 5.74) is 3.37. The van der Waals surface area contributed by atoms with Gasteiger partial charge in [0.1, 0.15) is 5.75 Å². The van der Waals surface area contributed by atoms with Crippen molar-refractivity contribution < 1.29 is 14.3 Å². The van der Waals surface area contributed by atoms with Gasteiger partial charge in [0.05, 0.1) is 12.7 Å².